The number of amides is 1. The van der Waals surface area contributed by atoms with Crippen molar-refractivity contribution >= 4 is 29.1 Å². The van der Waals surface area contributed by atoms with Crippen molar-refractivity contribution in [1.29, 1.82) is 0 Å². The SMILES string of the molecule is O=C(NCc1cncc(-c2ccoc2)c1)c1ccc(Cl)cc1Cl. The van der Waals surface area contributed by atoms with Crippen molar-refractivity contribution < 1.29 is 9.21 Å². The summed E-state index contributed by atoms with van der Waals surface area (Å²) in [6, 6.07) is 8.57. The average Bonchev–Trinajstić information content (AvgIpc) is 3.07. The van der Waals surface area contributed by atoms with Gasteiger partial charge in [0.15, 0.2) is 0 Å². The summed E-state index contributed by atoms with van der Waals surface area (Å²) in [5, 5.41) is 3.63. The molecule has 4 nitrogen and oxygen atoms in total. The third-order valence-corrected chi connectivity index (χ3v) is 3.83. The molecule has 3 aromatic rings. The fourth-order valence-corrected chi connectivity index (χ4v) is 2.62. The molecule has 6 heteroatoms. The van der Waals surface area contributed by atoms with Crippen LogP contribution >= 0.6 is 23.2 Å². The molecule has 3 rings (SSSR count). The van der Waals surface area contributed by atoms with Crippen LogP contribution in [0.3, 0.4) is 0 Å². The number of nitrogens with one attached hydrogen (secondary N) is 1. The van der Waals surface area contributed by atoms with Crippen molar-refractivity contribution in [3.8, 4) is 11.1 Å². The van der Waals surface area contributed by atoms with E-state index in [2.05, 4.69) is 10.3 Å². The van der Waals surface area contributed by atoms with Crippen LogP contribution in [0.4, 0.5) is 0 Å². The zero-order valence-electron chi connectivity index (χ0n) is 11.9. The van der Waals surface area contributed by atoms with Gasteiger partial charge in [0.1, 0.15) is 0 Å². The molecular formula is C17H12Cl2N2O2. The third-order valence-electron chi connectivity index (χ3n) is 3.28. The van der Waals surface area contributed by atoms with E-state index >= 15 is 0 Å². The Labute approximate surface area is 143 Å². The van der Waals surface area contributed by atoms with Crippen LogP contribution in [0.1, 0.15) is 15.9 Å². The molecular weight excluding hydrogens is 335 g/mol. The zero-order valence-corrected chi connectivity index (χ0v) is 13.4. The number of carbonyl (C=O) groups is 1. The van der Waals surface area contributed by atoms with E-state index in [1.54, 1.807) is 43.1 Å². The molecule has 1 amide bonds. The molecule has 116 valence electrons. The topological polar surface area (TPSA) is 55.1 Å². The zero-order chi connectivity index (χ0) is 16.2. The number of aromatic nitrogens is 1. The van der Waals surface area contributed by atoms with Crippen molar-refractivity contribution in [1.82, 2.24) is 10.3 Å². The number of hydrogen-bond acceptors (Lipinski definition) is 3. The van der Waals surface area contributed by atoms with E-state index in [1.165, 1.54) is 0 Å². The summed E-state index contributed by atoms with van der Waals surface area (Å²) in [4.78, 5) is 16.4. The number of carbonyl (C=O) groups excluding carboxylic acids is 1. The highest BCUT2D eigenvalue weighted by molar-refractivity contribution is 6.36. The molecule has 0 radical (unpaired) electrons. The predicted octanol–water partition coefficient (Wildman–Crippen LogP) is 4.58. The third kappa shape index (κ3) is 3.73. The number of halogens is 2. The monoisotopic (exact) mass is 346 g/mol. The van der Waals surface area contributed by atoms with Crippen LogP contribution in [0.15, 0.2) is 59.7 Å². The molecule has 0 atom stereocenters. The summed E-state index contributed by atoms with van der Waals surface area (Å²) in [7, 11) is 0. The van der Waals surface area contributed by atoms with E-state index < -0.39 is 0 Å². The molecule has 2 heterocycles. The van der Waals surface area contributed by atoms with E-state index in [0.29, 0.717) is 22.2 Å². The first-order chi connectivity index (χ1) is 11.1. The van der Waals surface area contributed by atoms with Crippen LogP contribution in [0, 0.1) is 0 Å². The maximum Gasteiger partial charge on any atom is 0.253 e. The van der Waals surface area contributed by atoms with Gasteiger partial charge in [-0.1, -0.05) is 23.2 Å². The molecule has 1 N–H and O–H groups in total. The minimum Gasteiger partial charge on any atom is -0.472 e. The van der Waals surface area contributed by atoms with Crippen molar-refractivity contribution in [3.63, 3.8) is 0 Å². The lowest BCUT2D eigenvalue weighted by Gasteiger charge is -2.08. The summed E-state index contributed by atoms with van der Waals surface area (Å²) in [6.45, 7) is 0.344. The van der Waals surface area contributed by atoms with Crippen LogP contribution in [-0.4, -0.2) is 10.9 Å². The number of furan rings is 1. The molecule has 23 heavy (non-hydrogen) atoms. The maximum atomic E-state index is 12.2. The summed E-state index contributed by atoms with van der Waals surface area (Å²) in [6.07, 6.45) is 6.69. The summed E-state index contributed by atoms with van der Waals surface area (Å²) in [5.74, 6) is -0.264. The van der Waals surface area contributed by atoms with Crippen LogP contribution in [-0.2, 0) is 6.54 Å². The molecule has 2 aromatic heterocycles. The first kappa shape index (κ1) is 15.6. The Kier molecular flexibility index (Phi) is 4.65. The molecule has 0 spiro atoms. The van der Waals surface area contributed by atoms with Crippen molar-refractivity contribution in [2.45, 2.75) is 6.54 Å². The smallest absolute Gasteiger partial charge is 0.253 e. The van der Waals surface area contributed by atoms with Crippen molar-refractivity contribution in [2.24, 2.45) is 0 Å². The van der Waals surface area contributed by atoms with Gasteiger partial charge in [-0.3, -0.25) is 9.78 Å². The summed E-state index contributed by atoms with van der Waals surface area (Å²) in [5.41, 5.74) is 3.12. The molecule has 0 aliphatic heterocycles. The molecule has 0 fully saturated rings. The molecule has 0 aliphatic carbocycles. The minimum absolute atomic E-state index is 0.264. The van der Waals surface area contributed by atoms with Crippen molar-refractivity contribution in [2.75, 3.05) is 0 Å². The van der Waals surface area contributed by atoms with Gasteiger partial charge in [0.25, 0.3) is 5.91 Å². The Bertz CT molecular complexity index is 832. The largest absolute Gasteiger partial charge is 0.472 e. The Morgan fingerprint density at radius 1 is 1.13 bits per heavy atom. The Balaban J connectivity index is 1.71. The van der Waals surface area contributed by atoms with Gasteiger partial charge in [-0.05, 0) is 35.9 Å². The molecule has 0 unspecified atom stereocenters. The highest BCUT2D eigenvalue weighted by Gasteiger charge is 2.10. The van der Waals surface area contributed by atoms with Crippen LogP contribution in [0.2, 0.25) is 10.0 Å². The normalized spacial score (nSPS) is 10.5. The van der Waals surface area contributed by atoms with Gasteiger partial charge < -0.3 is 9.73 Å². The van der Waals surface area contributed by atoms with Gasteiger partial charge in [0.05, 0.1) is 23.1 Å². The average molecular weight is 347 g/mol. The molecule has 0 aliphatic rings. The molecule has 0 saturated carbocycles. The van der Waals surface area contributed by atoms with Crippen molar-refractivity contribution in [3.05, 3.63) is 76.4 Å². The quantitative estimate of drug-likeness (QED) is 0.752. The maximum absolute atomic E-state index is 12.2. The second-order valence-electron chi connectivity index (χ2n) is 4.90. The van der Waals surface area contributed by atoms with Crippen LogP contribution < -0.4 is 5.32 Å². The first-order valence-electron chi connectivity index (χ1n) is 6.83. The molecule has 0 bridgehead atoms. The van der Waals surface area contributed by atoms with Gasteiger partial charge in [-0.15, -0.1) is 0 Å². The first-order valence-corrected chi connectivity index (χ1v) is 7.59. The number of hydrogen-bond donors (Lipinski definition) is 1. The van der Waals surface area contributed by atoms with Gasteiger partial charge in [-0.25, -0.2) is 0 Å². The minimum atomic E-state index is -0.264. The lowest BCUT2D eigenvalue weighted by atomic mass is 10.1. The van der Waals surface area contributed by atoms with Gasteiger partial charge in [0.2, 0.25) is 0 Å². The number of nitrogens with zero attached hydrogens (tertiary/aromatic N) is 1. The van der Waals surface area contributed by atoms with Gasteiger partial charge in [-0.2, -0.15) is 0 Å². The standard InChI is InChI=1S/C17H12Cl2N2O2/c18-14-1-2-15(16(19)6-14)17(22)21-8-11-5-13(9-20-7-11)12-3-4-23-10-12/h1-7,9-10H,8H2,(H,21,22). The summed E-state index contributed by atoms with van der Waals surface area (Å²) < 4.78 is 5.06. The number of benzene rings is 1. The van der Waals surface area contributed by atoms with E-state index in [0.717, 1.165) is 16.7 Å². The summed E-state index contributed by atoms with van der Waals surface area (Å²) >= 11 is 11.9. The van der Waals surface area contributed by atoms with E-state index in [1.807, 2.05) is 12.1 Å². The predicted molar refractivity (Wildman–Crippen MR) is 89.6 cm³/mol. The fourth-order valence-electron chi connectivity index (χ4n) is 2.12. The molecule has 1 aromatic carbocycles. The van der Waals surface area contributed by atoms with Gasteiger partial charge in [0, 0.05) is 35.1 Å². The van der Waals surface area contributed by atoms with Crippen LogP contribution in [0.5, 0.6) is 0 Å². The second-order valence-corrected chi connectivity index (χ2v) is 5.74. The number of rotatable bonds is 4. The van der Waals surface area contributed by atoms with Gasteiger partial charge >= 0.3 is 0 Å². The second kappa shape index (κ2) is 6.86. The van der Waals surface area contributed by atoms with E-state index in [9.17, 15) is 4.79 Å². The Morgan fingerprint density at radius 3 is 2.74 bits per heavy atom. The van der Waals surface area contributed by atoms with Crippen LogP contribution in [0.25, 0.3) is 11.1 Å². The van der Waals surface area contributed by atoms with E-state index in [-0.39, 0.29) is 5.91 Å². The lowest BCUT2D eigenvalue weighted by molar-refractivity contribution is 0.0951. The Morgan fingerprint density at radius 2 is 2.00 bits per heavy atom. The lowest BCUT2D eigenvalue weighted by Crippen LogP contribution is -2.23. The van der Waals surface area contributed by atoms with E-state index in [4.69, 9.17) is 27.6 Å². The Hall–Kier alpha value is -2.30. The molecule has 0 saturated heterocycles. The highest BCUT2D eigenvalue weighted by Crippen LogP contribution is 2.22. The highest BCUT2D eigenvalue weighted by atomic mass is 35.5. The fraction of sp³-hybridized carbons (Fsp3) is 0.0588. The number of pyridine rings is 1.